The van der Waals surface area contributed by atoms with Crippen LogP contribution in [0.3, 0.4) is 0 Å². The number of rotatable bonds is 6. The molecule has 0 fully saturated rings. The molecule has 2 aromatic rings. The number of halogens is 1. The van der Waals surface area contributed by atoms with E-state index in [1.54, 1.807) is 18.2 Å². The number of aryl methyl sites for hydroxylation is 1. The molecule has 1 N–H and O–H groups in total. The van der Waals surface area contributed by atoms with Crippen LogP contribution in [0.15, 0.2) is 36.4 Å². The highest BCUT2D eigenvalue weighted by atomic mass is 35.5. The Morgan fingerprint density at radius 1 is 1.33 bits per heavy atom. The first kappa shape index (κ1) is 17.4. The third-order valence-corrected chi connectivity index (χ3v) is 3.54. The average molecular weight is 349 g/mol. The fourth-order valence-electron chi connectivity index (χ4n) is 1.88. The van der Waals surface area contributed by atoms with Crippen molar-refractivity contribution in [2.75, 3.05) is 11.9 Å². The van der Waals surface area contributed by atoms with Gasteiger partial charge in [0.05, 0.1) is 4.92 Å². The van der Waals surface area contributed by atoms with Gasteiger partial charge in [-0.15, -0.1) is 0 Å². The Labute approximate surface area is 142 Å². The molecule has 0 saturated heterocycles. The van der Waals surface area contributed by atoms with Gasteiger partial charge in [-0.25, -0.2) is 0 Å². The van der Waals surface area contributed by atoms with Crippen LogP contribution >= 0.6 is 11.6 Å². The van der Waals surface area contributed by atoms with E-state index in [0.29, 0.717) is 17.0 Å². The van der Waals surface area contributed by atoms with E-state index in [-0.39, 0.29) is 17.0 Å². The molecule has 0 heterocycles. The Bertz CT molecular complexity index is 807. The maximum absolute atomic E-state index is 11.9. The Kier molecular flexibility index (Phi) is 5.49. The largest absolute Gasteiger partial charge is 0.477 e. The first-order chi connectivity index (χ1) is 11.4. The van der Waals surface area contributed by atoms with Crippen LogP contribution in [0.25, 0.3) is 0 Å². The lowest BCUT2D eigenvalue weighted by Crippen LogP contribution is -2.20. The van der Waals surface area contributed by atoms with Gasteiger partial charge in [-0.1, -0.05) is 17.7 Å². The van der Waals surface area contributed by atoms with E-state index in [9.17, 15) is 19.7 Å². The number of hydrogen-bond acceptors (Lipinski definition) is 5. The monoisotopic (exact) mass is 348 g/mol. The van der Waals surface area contributed by atoms with Crippen molar-refractivity contribution in [1.82, 2.24) is 0 Å². The molecule has 8 heteroatoms. The molecule has 0 radical (unpaired) electrons. The minimum Gasteiger partial charge on any atom is -0.477 e. The van der Waals surface area contributed by atoms with E-state index in [2.05, 4.69) is 5.32 Å². The van der Waals surface area contributed by atoms with Crippen LogP contribution in [-0.4, -0.2) is 23.7 Å². The van der Waals surface area contributed by atoms with Gasteiger partial charge in [-0.2, -0.15) is 0 Å². The van der Waals surface area contributed by atoms with Gasteiger partial charge in [0.15, 0.2) is 12.4 Å². The molecule has 0 unspecified atom stereocenters. The van der Waals surface area contributed by atoms with Gasteiger partial charge < -0.3 is 10.1 Å². The lowest BCUT2D eigenvalue weighted by atomic mass is 10.2. The van der Waals surface area contributed by atoms with Crippen molar-refractivity contribution >= 4 is 35.2 Å². The summed E-state index contributed by atoms with van der Waals surface area (Å²) in [5.41, 5.74) is 1.13. The number of nitrogens with one attached hydrogen (secondary N) is 1. The van der Waals surface area contributed by atoms with Crippen molar-refractivity contribution in [3.05, 3.63) is 62.7 Å². The summed E-state index contributed by atoms with van der Waals surface area (Å²) in [7, 11) is 0. The number of amides is 1. The third kappa shape index (κ3) is 4.30. The average Bonchev–Trinajstić information content (AvgIpc) is 2.56. The lowest BCUT2D eigenvalue weighted by Gasteiger charge is -2.09. The van der Waals surface area contributed by atoms with Crippen molar-refractivity contribution in [1.29, 1.82) is 0 Å². The summed E-state index contributed by atoms with van der Waals surface area (Å²) in [5, 5.41) is 14.1. The van der Waals surface area contributed by atoms with E-state index < -0.39 is 17.4 Å². The van der Waals surface area contributed by atoms with Crippen LogP contribution in [0.2, 0.25) is 5.02 Å². The number of aldehydes is 1. The summed E-state index contributed by atoms with van der Waals surface area (Å²) < 4.78 is 5.18. The molecule has 0 aliphatic carbocycles. The fraction of sp³-hybridized carbons (Fsp3) is 0.125. The molecule has 1 amide bonds. The highest BCUT2D eigenvalue weighted by molar-refractivity contribution is 6.31. The van der Waals surface area contributed by atoms with Gasteiger partial charge in [0.2, 0.25) is 0 Å². The fourth-order valence-corrected chi connectivity index (χ4v) is 2.06. The van der Waals surface area contributed by atoms with Crippen LogP contribution in [0, 0.1) is 17.0 Å². The quantitative estimate of drug-likeness (QED) is 0.490. The number of nitrogens with zero attached hydrogens (tertiary/aromatic N) is 1. The maximum Gasteiger partial charge on any atom is 0.311 e. The molecule has 7 nitrogen and oxygen atoms in total. The molecule has 0 saturated carbocycles. The number of carbonyl (C=O) groups excluding carboxylic acids is 2. The van der Waals surface area contributed by atoms with Gasteiger partial charge in [0.1, 0.15) is 6.29 Å². The normalized spacial score (nSPS) is 10.1. The van der Waals surface area contributed by atoms with Crippen molar-refractivity contribution in [2.24, 2.45) is 0 Å². The first-order valence-electron chi connectivity index (χ1n) is 6.83. The van der Waals surface area contributed by atoms with E-state index >= 15 is 0 Å². The number of hydrogen-bond donors (Lipinski definition) is 1. The Morgan fingerprint density at radius 3 is 2.71 bits per heavy atom. The number of benzene rings is 2. The zero-order chi connectivity index (χ0) is 17.7. The van der Waals surface area contributed by atoms with E-state index in [0.717, 1.165) is 11.6 Å². The van der Waals surface area contributed by atoms with Crippen LogP contribution < -0.4 is 10.1 Å². The summed E-state index contributed by atoms with van der Waals surface area (Å²) in [6.45, 7) is 1.41. The number of nitro groups is 1. The highest BCUT2D eigenvalue weighted by Crippen LogP contribution is 2.27. The molecular weight excluding hydrogens is 336 g/mol. The molecule has 0 spiro atoms. The predicted molar refractivity (Wildman–Crippen MR) is 88.8 cm³/mol. The summed E-state index contributed by atoms with van der Waals surface area (Å²) in [6.07, 6.45) is 0.491. The molecule has 0 aliphatic heterocycles. The second-order valence-electron chi connectivity index (χ2n) is 4.90. The molecule has 0 bridgehead atoms. The molecule has 0 atom stereocenters. The third-order valence-electron chi connectivity index (χ3n) is 3.13. The van der Waals surface area contributed by atoms with Crippen molar-refractivity contribution < 1.29 is 19.2 Å². The second-order valence-corrected chi connectivity index (χ2v) is 5.31. The van der Waals surface area contributed by atoms with Crippen LogP contribution in [-0.2, 0) is 4.79 Å². The molecule has 0 aromatic heterocycles. The topological polar surface area (TPSA) is 98.5 Å². The van der Waals surface area contributed by atoms with Gasteiger partial charge in [-0.3, -0.25) is 19.7 Å². The Balaban J connectivity index is 2.04. The number of ether oxygens (including phenoxy) is 1. The summed E-state index contributed by atoms with van der Waals surface area (Å²) >= 11 is 5.97. The summed E-state index contributed by atoms with van der Waals surface area (Å²) in [4.78, 5) is 32.9. The molecule has 24 heavy (non-hydrogen) atoms. The van der Waals surface area contributed by atoms with Crippen LogP contribution in [0.4, 0.5) is 11.4 Å². The smallest absolute Gasteiger partial charge is 0.311 e. The minimum absolute atomic E-state index is 0.0947. The number of carbonyl (C=O) groups is 2. The van der Waals surface area contributed by atoms with Gasteiger partial charge in [0, 0.05) is 22.3 Å². The van der Waals surface area contributed by atoms with Crippen molar-refractivity contribution in [3.8, 4) is 5.75 Å². The standard InChI is InChI=1S/C16H13ClN2O5/c1-10-2-4-12(7-13(10)17)18-16(21)9-24-15-5-3-11(8-20)6-14(15)19(22)23/h2-8H,9H2,1H3,(H,18,21). The first-order valence-corrected chi connectivity index (χ1v) is 7.21. The Morgan fingerprint density at radius 2 is 2.08 bits per heavy atom. The van der Waals surface area contributed by atoms with E-state index in [4.69, 9.17) is 16.3 Å². The molecule has 0 aliphatic rings. The molecular formula is C16H13ClN2O5. The van der Waals surface area contributed by atoms with Crippen LogP contribution in [0.1, 0.15) is 15.9 Å². The SMILES string of the molecule is Cc1ccc(NC(=O)COc2ccc(C=O)cc2[N+](=O)[O-])cc1Cl. The summed E-state index contributed by atoms with van der Waals surface area (Å²) in [6, 6.07) is 8.75. The Hall–Kier alpha value is -2.93. The zero-order valence-corrected chi connectivity index (χ0v) is 13.4. The second kappa shape index (κ2) is 7.56. The predicted octanol–water partition coefficient (Wildman–Crippen LogP) is 3.39. The summed E-state index contributed by atoms with van der Waals surface area (Å²) in [5.74, 6) is -0.591. The molecule has 2 rings (SSSR count). The molecule has 124 valence electrons. The van der Waals surface area contributed by atoms with Gasteiger partial charge in [-0.05, 0) is 36.8 Å². The van der Waals surface area contributed by atoms with E-state index in [1.165, 1.54) is 12.1 Å². The highest BCUT2D eigenvalue weighted by Gasteiger charge is 2.17. The van der Waals surface area contributed by atoms with E-state index in [1.807, 2.05) is 6.92 Å². The minimum atomic E-state index is -0.681. The van der Waals surface area contributed by atoms with Gasteiger partial charge in [0.25, 0.3) is 5.91 Å². The van der Waals surface area contributed by atoms with Crippen molar-refractivity contribution in [3.63, 3.8) is 0 Å². The maximum atomic E-state index is 11.9. The number of nitro benzene ring substituents is 1. The number of anilines is 1. The lowest BCUT2D eigenvalue weighted by molar-refractivity contribution is -0.385. The van der Waals surface area contributed by atoms with Crippen molar-refractivity contribution in [2.45, 2.75) is 6.92 Å². The van der Waals surface area contributed by atoms with Gasteiger partial charge >= 0.3 is 5.69 Å². The molecule has 2 aromatic carbocycles. The zero-order valence-electron chi connectivity index (χ0n) is 12.6. The van der Waals surface area contributed by atoms with Crippen LogP contribution in [0.5, 0.6) is 5.75 Å².